The Labute approximate surface area is 175 Å². The fourth-order valence-corrected chi connectivity index (χ4v) is 4.67. The maximum absolute atomic E-state index is 13.2. The molecule has 0 aromatic heterocycles. The summed E-state index contributed by atoms with van der Waals surface area (Å²) in [6, 6.07) is 9.66. The number of sulfonamides is 1. The minimum Gasteiger partial charge on any atom is -0.314 e. The van der Waals surface area contributed by atoms with E-state index >= 15 is 0 Å². The van der Waals surface area contributed by atoms with Gasteiger partial charge in [0.15, 0.2) is 0 Å². The third-order valence-corrected chi connectivity index (χ3v) is 6.70. The molecule has 1 aliphatic carbocycles. The van der Waals surface area contributed by atoms with Gasteiger partial charge in [0, 0.05) is 11.6 Å². The standard InChI is InChI=1S/C22H27F3N2O2S/c1-3-10-27-19-8-6-16-11-18(5-4-17(16)12-19)20-13-15(14(2)22(23,24)25)7-9-21(20)30(26,28)29/h4-5,7,9,11,13-14,19,27H,3,6,8,10,12H2,1-2H3,(H2,26,28,29)/t14-,19+/m1/s1. The van der Waals surface area contributed by atoms with Crippen LogP contribution in [0.4, 0.5) is 13.2 Å². The maximum Gasteiger partial charge on any atom is 0.395 e. The molecular formula is C22H27F3N2O2S. The Bertz CT molecular complexity index is 1020. The molecule has 164 valence electrons. The number of nitrogens with two attached hydrogens (primary N) is 1. The van der Waals surface area contributed by atoms with Crippen LogP contribution >= 0.6 is 0 Å². The minimum atomic E-state index is -4.42. The Morgan fingerprint density at radius 1 is 1.17 bits per heavy atom. The number of alkyl halides is 3. The molecule has 1 aliphatic rings. The molecule has 2 aromatic carbocycles. The van der Waals surface area contributed by atoms with Crippen LogP contribution in [0.3, 0.4) is 0 Å². The van der Waals surface area contributed by atoms with Crippen molar-refractivity contribution in [2.24, 2.45) is 5.14 Å². The lowest BCUT2D eigenvalue weighted by Gasteiger charge is -2.26. The average Bonchev–Trinajstić information content (AvgIpc) is 2.69. The summed E-state index contributed by atoms with van der Waals surface area (Å²) in [5.41, 5.74) is 3.05. The zero-order valence-electron chi connectivity index (χ0n) is 17.1. The number of benzene rings is 2. The van der Waals surface area contributed by atoms with Crippen LogP contribution in [0.25, 0.3) is 11.1 Å². The molecule has 2 aromatic rings. The molecular weight excluding hydrogens is 413 g/mol. The van der Waals surface area contributed by atoms with Crippen molar-refractivity contribution in [2.75, 3.05) is 6.54 Å². The third-order valence-electron chi connectivity index (χ3n) is 5.73. The van der Waals surface area contributed by atoms with Crippen molar-refractivity contribution in [1.82, 2.24) is 5.32 Å². The van der Waals surface area contributed by atoms with Gasteiger partial charge in [0.1, 0.15) is 0 Å². The SMILES string of the molecule is CCCN[C@H]1CCc2cc(-c3cc([C@@H](C)C(F)(F)F)ccc3S(N)(=O)=O)ccc2C1. The number of halogens is 3. The van der Waals surface area contributed by atoms with Crippen molar-refractivity contribution in [3.63, 3.8) is 0 Å². The number of primary sulfonamides is 1. The molecule has 4 nitrogen and oxygen atoms in total. The monoisotopic (exact) mass is 440 g/mol. The van der Waals surface area contributed by atoms with Gasteiger partial charge in [-0.3, -0.25) is 0 Å². The molecule has 8 heteroatoms. The van der Waals surface area contributed by atoms with Crippen molar-refractivity contribution >= 4 is 10.0 Å². The van der Waals surface area contributed by atoms with Crippen LogP contribution in [-0.2, 0) is 22.9 Å². The van der Waals surface area contributed by atoms with Crippen molar-refractivity contribution in [1.29, 1.82) is 0 Å². The Kier molecular flexibility index (Phi) is 6.60. The number of hydrogen-bond donors (Lipinski definition) is 2. The van der Waals surface area contributed by atoms with E-state index in [1.54, 1.807) is 6.07 Å². The predicted molar refractivity (Wildman–Crippen MR) is 112 cm³/mol. The molecule has 30 heavy (non-hydrogen) atoms. The van der Waals surface area contributed by atoms with Gasteiger partial charge in [-0.2, -0.15) is 13.2 Å². The zero-order valence-corrected chi connectivity index (χ0v) is 17.9. The van der Waals surface area contributed by atoms with E-state index in [-0.39, 0.29) is 16.0 Å². The second-order valence-corrected chi connectivity index (χ2v) is 9.47. The van der Waals surface area contributed by atoms with Gasteiger partial charge in [0.05, 0.1) is 10.8 Å². The van der Waals surface area contributed by atoms with E-state index in [1.165, 1.54) is 23.8 Å². The number of nitrogens with one attached hydrogen (secondary N) is 1. The quantitative estimate of drug-likeness (QED) is 0.694. The molecule has 0 saturated heterocycles. The summed E-state index contributed by atoms with van der Waals surface area (Å²) in [7, 11) is -4.09. The highest BCUT2D eigenvalue weighted by atomic mass is 32.2. The summed E-state index contributed by atoms with van der Waals surface area (Å²) < 4.78 is 63.8. The van der Waals surface area contributed by atoms with Gasteiger partial charge in [-0.15, -0.1) is 0 Å². The van der Waals surface area contributed by atoms with Crippen LogP contribution < -0.4 is 10.5 Å². The number of fused-ring (bicyclic) bond motifs is 1. The van der Waals surface area contributed by atoms with Gasteiger partial charge in [0.25, 0.3) is 0 Å². The van der Waals surface area contributed by atoms with Gasteiger partial charge in [0.2, 0.25) is 10.0 Å². The number of hydrogen-bond acceptors (Lipinski definition) is 3. The highest BCUT2D eigenvalue weighted by Gasteiger charge is 2.37. The smallest absolute Gasteiger partial charge is 0.314 e. The highest BCUT2D eigenvalue weighted by molar-refractivity contribution is 7.89. The van der Waals surface area contributed by atoms with E-state index in [0.717, 1.165) is 44.7 Å². The fraction of sp³-hybridized carbons (Fsp3) is 0.455. The molecule has 0 bridgehead atoms. The first-order valence-corrected chi connectivity index (χ1v) is 11.6. The van der Waals surface area contributed by atoms with Gasteiger partial charge < -0.3 is 5.32 Å². The van der Waals surface area contributed by atoms with E-state index in [4.69, 9.17) is 5.14 Å². The van der Waals surface area contributed by atoms with Crippen molar-refractivity contribution in [2.45, 2.75) is 62.6 Å². The van der Waals surface area contributed by atoms with Gasteiger partial charge in [-0.1, -0.05) is 31.2 Å². The summed E-state index contributed by atoms with van der Waals surface area (Å²) in [6.45, 7) is 4.14. The molecule has 2 atom stereocenters. The predicted octanol–water partition coefficient (Wildman–Crippen LogP) is 4.52. The lowest BCUT2D eigenvalue weighted by atomic mass is 9.86. The molecule has 0 amide bonds. The first-order valence-electron chi connectivity index (χ1n) is 10.1. The third kappa shape index (κ3) is 5.04. The van der Waals surface area contributed by atoms with Gasteiger partial charge >= 0.3 is 6.18 Å². The van der Waals surface area contributed by atoms with Crippen LogP contribution in [0.5, 0.6) is 0 Å². The van der Waals surface area contributed by atoms with E-state index in [9.17, 15) is 21.6 Å². The largest absolute Gasteiger partial charge is 0.395 e. The first-order chi connectivity index (χ1) is 14.0. The number of aryl methyl sites for hydroxylation is 1. The van der Waals surface area contributed by atoms with Crippen molar-refractivity contribution < 1.29 is 21.6 Å². The molecule has 0 radical (unpaired) electrons. The molecule has 0 spiro atoms. The lowest BCUT2D eigenvalue weighted by Crippen LogP contribution is -2.34. The lowest BCUT2D eigenvalue weighted by molar-refractivity contribution is -0.146. The molecule has 0 heterocycles. The second-order valence-electron chi connectivity index (χ2n) is 7.94. The highest BCUT2D eigenvalue weighted by Crippen LogP contribution is 2.38. The zero-order chi connectivity index (χ0) is 22.1. The van der Waals surface area contributed by atoms with Crippen LogP contribution in [0.1, 0.15) is 49.3 Å². The Morgan fingerprint density at radius 3 is 2.53 bits per heavy atom. The summed E-state index contributed by atoms with van der Waals surface area (Å²) in [6.07, 6.45) is -0.692. The van der Waals surface area contributed by atoms with E-state index in [1.807, 2.05) is 12.1 Å². The van der Waals surface area contributed by atoms with Crippen LogP contribution in [0.2, 0.25) is 0 Å². The van der Waals surface area contributed by atoms with Crippen molar-refractivity contribution in [3.8, 4) is 11.1 Å². The van der Waals surface area contributed by atoms with Gasteiger partial charge in [-0.05, 0) is 73.5 Å². The van der Waals surface area contributed by atoms with Crippen LogP contribution in [0.15, 0.2) is 41.3 Å². The van der Waals surface area contributed by atoms with E-state index < -0.39 is 22.1 Å². The molecule has 3 N–H and O–H groups in total. The molecule has 0 aliphatic heterocycles. The molecule has 0 unspecified atom stereocenters. The summed E-state index contributed by atoms with van der Waals surface area (Å²) >= 11 is 0. The average molecular weight is 441 g/mol. The second kappa shape index (κ2) is 8.69. The Balaban J connectivity index is 2.02. The summed E-state index contributed by atoms with van der Waals surface area (Å²) in [4.78, 5) is -0.168. The normalized spacial score (nSPS) is 18.1. The van der Waals surface area contributed by atoms with E-state index in [0.29, 0.717) is 11.6 Å². The number of rotatable bonds is 6. The van der Waals surface area contributed by atoms with Gasteiger partial charge in [-0.25, -0.2) is 13.6 Å². The summed E-state index contributed by atoms with van der Waals surface area (Å²) in [5, 5.41) is 8.87. The molecule has 3 rings (SSSR count). The summed E-state index contributed by atoms with van der Waals surface area (Å²) in [5.74, 6) is -1.71. The topological polar surface area (TPSA) is 72.2 Å². The van der Waals surface area contributed by atoms with Crippen LogP contribution in [-0.4, -0.2) is 27.2 Å². The first kappa shape index (κ1) is 22.8. The molecule has 0 fully saturated rings. The van der Waals surface area contributed by atoms with E-state index in [2.05, 4.69) is 12.2 Å². The Hall–Kier alpha value is -1.90. The minimum absolute atomic E-state index is 0.00597. The fourth-order valence-electron chi connectivity index (χ4n) is 3.92. The molecule has 0 saturated carbocycles. The van der Waals surface area contributed by atoms with Crippen LogP contribution in [0, 0.1) is 0 Å². The van der Waals surface area contributed by atoms with Crippen molar-refractivity contribution in [3.05, 3.63) is 53.1 Å². The maximum atomic E-state index is 13.2. The Morgan fingerprint density at radius 2 is 1.90 bits per heavy atom.